The zero-order valence-corrected chi connectivity index (χ0v) is 11.8. The lowest BCUT2D eigenvalue weighted by Gasteiger charge is -2.31. The molecule has 0 aromatic carbocycles. The summed E-state index contributed by atoms with van der Waals surface area (Å²) in [5.41, 5.74) is 0. The van der Waals surface area contributed by atoms with Crippen LogP contribution >= 0.6 is 0 Å². The van der Waals surface area contributed by atoms with Gasteiger partial charge < -0.3 is 4.90 Å². The van der Waals surface area contributed by atoms with Crippen molar-refractivity contribution >= 4 is 17.8 Å². The van der Waals surface area contributed by atoms with Gasteiger partial charge in [0.2, 0.25) is 5.91 Å². The second kappa shape index (κ2) is 5.27. The highest BCUT2D eigenvalue weighted by molar-refractivity contribution is 5.99. The highest BCUT2D eigenvalue weighted by atomic mass is 16.5. The van der Waals surface area contributed by atoms with Gasteiger partial charge in [-0.25, -0.2) is 20.7 Å². The van der Waals surface area contributed by atoms with E-state index in [0.29, 0.717) is 29.5 Å². The number of fused-ring (bicyclic) bond motifs is 2. The van der Waals surface area contributed by atoms with E-state index in [4.69, 9.17) is 5.84 Å². The smallest absolute Gasteiger partial charge is 0.309 e. The number of urea groups is 1. The molecule has 116 valence electrons. The van der Waals surface area contributed by atoms with Crippen molar-refractivity contribution in [1.29, 1.82) is 0 Å². The van der Waals surface area contributed by atoms with Crippen LogP contribution in [0, 0.1) is 5.92 Å². The van der Waals surface area contributed by atoms with Gasteiger partial charge in [0.15, 0.2) is 0 Å². The summed E-state index contributed by atoms with van der Waals surface area (Å²) >= 11 is 0. The fourth-order valence-corrected chi connectivity index (χ4v) is 3.55. The van der Waals surface area contributed by atoms with Gasteiger partial charge in [0.1, 0.15) is 6.04 Å². The number of piperidine rings is 1. The van der Waals surface area contributed by atoms with Gasteiger partial charge in [-0.3, -0.25) is 14.8 Å². The maximum atomic E-state index is 12.4. The second-order valence-electron chi connectivity index (χ2n) is 6.05. The molecule has 8 nitrogen and oxygen atoms in total. The number of hydrogen-bond acceptors (Lipinski definition) is 5. The van der Waals surface area contributed by atoms with Crippen molar-refractivity contribution in [3.8, 4) is 0 Å². The van der Waals surface area contributed by atoms with Gasteiger partial charge in [-0.15, -0.1) is 0 Å². The number of nitrogens with zero attached hydrogens (tertiary/aromatic N) is 3. The average molecular weight is 296 g/mol. The van der Waals surface area contributed by atoms with Gasteiger partial charge in [0.05, 0.1) is 6.04 Å². The van der Waals surface area contributed by atoms with Crippen LogP contribution in [0.25, 0.3) is 0 Å². The highest BCUT2D eigenvalue weighted by Gasteiger charge is 2.48. The topological polar surface area (TPSA) is 107 Å². The Morgan fingerprint density at radius 1 is 1.14 bits per heavy atom. The zero-order chi connectivity index (χ0) is 15.1. The first-order valence-corrected chi connectivity index (χ1v) is 7.42. The minimum absolute atomic E-state index is 0.182. The number of imide groups is 1. The van der Waals surface area contributed by atoms with Gasteiger partial charge >= 0.3 is 6.03 Å². The van der Waals surface area contributed by atoms with Crippen molar-refractivity contribution in [3.63, 3.8) is 0 Å². The van der Waals surface area contributed by atoms with Crippen LogP contribution in [-0.4, -0.2) is 56.7 Å². The first kappa shape index (κ1) is 14.3. The lowest BCUT2D eigenvalue weighted by Crippen LogP contribution is -2.56. The molecule has 2 atom stereocenters. The summed E-state index contributed by atoms with van der Waals surface area (Å²) in [6, 6.07) is -1.60. The standard InChI is InChI=1S/C13H20N4O4/c14-16(11(18)8-3-1-2-4-8)12(19)10-6-5-9-7-15(10)13(20)17(9)21/h8-10,21H,1-7,14H2. The number of hydrogen-bond donors (Lipinski definition) is 2. The SMILES string of the molecule is NN(C(=O)C1CCCC1)C(=O)C1CCC2CN1C(=O)N2O. The van der Waals surface area contributed by atoms with Crippen LogP contribution in [0.1, 0.15) is 38.5 Å². The van der Waals surface area contributed by atoms with Crippen LogP contribution in [0.3, 0.4) is 0 Å². The Morgan fingerprint density at radius 2 is 1.81 bits per heavy atom. The molecule has 3 fully saturated rings. The quantitative estimate of drug-likeness (QED) is 0.246. The molecule has 0 aromatic rings. The summed E-state index contributed by atoms with van der Waals surface area (Å²) in [6.07, 6.45) is 4.43. The molecule has 3 aliphatic rings. The van der Waals surface area contributed by atoms with Gasteiger partial charge in [-0.1, -0.05) is 12.8 Å². The highest BCUT2D eigenvalue weighted by Crippen LogP contribution is 2.30. The molecule has 3 rings (SSSR count). The monoisotopic (exact) mass is 296 g/mol. The molecule has 3 N–H and O–H groups in total. The Bertz CT molecular complexity index is 477. The molecular weight excluding hydrogens is 276 g/mol. The Kier molecular flexibility index (Phi) is 3.58. The Morgan fingerprint density at radius 3 is 2.48 bits per heavy atom. The molecule has 2 heterocycles. The van der Waals surface area contributed by atoms with E-state index >= 15 is 0 Å². The van der Waals surface area contributed by atoms with Crippen LogP contribution in [0.2, 0.25) is 0 Å². The second-order valence-corrected chi connectivity index (χ2v) is 6.05. The van der Waals surface area contributed by atoms with E-state index in [-0.39, 0.29) is 17.9 Å². The zero-order valence-electron chi connectivity index (χ0n) is 11.8. The van der Waals surface area contributed by atoms with E-state index in [0.717, 1.165) is 25.7 Å². The Labute approximate surface area is 122 Å². The van der Waals surface area contributed by atoms with Crippen molar-refractivity contribution in [2.75, 3.05) is 6.54 Å². The molecule has 4 amide bonds. The Hall–Kier alpha value is -1.67. The van der Waals surface area contributed by atoms with Crippen molar-refractivity contribution in [2.45, 2.75) is 50.6 Å². The van der Waals surface area contributed by atoms with Crippen molar-refractivity contribution in [3.05, 3.63) is 0 Å². The predicted octanol–water partition coefficient (Wildman–Crippen LogP) is 0.0633. The average Bonchev–Trinajstić information content (AvgIpc) is 3.10. The van der Waals surface area contributed by atoms with Crippen LogP contribution in [0.5, 0.6) is 0 Å². The van der Waals surface area contributed by atoms with Gasteiger partial charge in [0.25, 0.3) is 5.91 Å². The molecule has 1 saturated carbocycles. The first-order chi connectivity index (χ1) is 10.0. The largest absolute Gasteiger partial charge is 0.344 e. The summed E-state index contributed by atoms with van der Waals surface area (Å²) < 4.78 is 0. The van der Waals surface area contributed by atoms with E-state index in [1.54, 1.807) is 0 Å². The number of nitrogens with two attached hydrogens (primary N) is 1. The summed E-state index contributed by atoms with van der Waals surface area (Å²) in [6.45, 7) is 0.303. The van der Waals surface area contributed by atoms with E-state index in [1.807, 2.05) is 0 Å². The number of carbonyl (C=O) groups excluding carboxylic acids is 3. The summed E-state index contributed by atoms with van der Waals surface area (Å²) in [5.74, 6) is 4.62. The molecule has 1 aliphatic carbocycles. The van der Waals surface area contributed by atoms with E-state index < -0.39 is 18.0 Å². The van der Waals surface area contributed by atoms with Gasteiger partial charge in [0, 0.05) is 12.5 Å². The van der Waals surface area contributed by atoms with Crippen molar-refractivity contribution in [1.82, 2.24) is 15.0 Å². The fraction of sp³-hybridized carbons (Fsp3) is 0.769. The predicted molar refractivity (Wildman–Crippen MR) is 70.5 cm³/mol. The minimum atomic E-state index is -0.749. The minimum Gasteiger partial charge on any atom is -0.309 e. The van der Waals surface area contributed by atoms with Crippen LogP contribution in [-0.2, 0) is 9.59 Å². The molecule has 8 heteroatoms. The fourth-order valence-electron chi connectivity index (χ4n) is 3.55. The third-order valence-electron chi connectivity index (χ3n) is 4.81. The molecule has 0 radical (unpaired) electrons. The van der Waals surface area contributed by atoms with Crippen LogP contribution < -0.4 is 5.84 Å². The van der Waals surface area contributed by atoms with Crippen molar-refractivity contribution in [2.24, 2.45) is 11.8 Å². The van der Waals surface area contributed by atoms with E-state index in [9.17, 15) is 19.6 Å². The maximum absolute atomic E-state index is 12.4. The molecule has 0 spiro atoms. The number of amides is 4. The third-order valence-corrected chi connectivity index (χ3v) is 4.81. The molecule has 2 bridgehead atoms. The lowest BCUT2D eigenvalue weighted by atomic mass is 9.99. The molecule has 21 heavy (non-hydrogen) atoms. The number of hydroxylamine groups is 2. The van der Waals surface area contributed by atoms with Gasteiger partial charge in [-0.05, 0) is 25.7 Å². The van der Waals surface area contributed by atoms with Crippen molar-refractivity contribution < 1.29 is 19.6 Å². The van der Waals surface area contributed by atoms with E-state index in [2.05, 4.69) is 0 Å². The number of carbonyl (C=O) groups is 3. The molecular formula is C13H20N4O4. The summed E-state index contributed by atoms with van der Waals surface area (Å²) in [5, 5.41) is 11.0. The molecule has 0 aromatic heterocycles. The maximum Gasteiger partial charge on any atom is 0.344 e. The van der Waals surface area contributed by atoms with Crippen LogP contribution in [0.15, 0.2) is 0 Å². The van der Waals surface area contributed by atoms with Crippen LogP contribution in [0.4, 0.5) is 4.79 Å². The lowest BCUT2D eigenvalue weighted by molar-refractivity contribution is -0.151. The molecule has 2 unspecified atom stereocenters. The Balaban J connectivity index is 1.70. The molecule has 2 saturated heterocycles. The first-order valence-electron chi connectivity index (χ1n) is 7.42. The number of hydrazine groups is 1. The number of rotatable bonds is 2. The van der Waals surface area contributed by atoms with Gasteiger partial charge in [-0.2, -0.15) is 0 Å². The third kappa shape index (κ3) is 2.28. The summed E-state index contributed by atoms with van der Waals surface area (Å²) in [7, 11) is 0. The normalized spacial score (nSPS) is 29.1. The molecule has 2 aliphatic heterocycles. The van der Waals surface area contributed by atoms with E-state index in [1.165, 1.54) is 4.90 Å². The summed E-state index contributed by atoms with van der Waals surface area (Å²) in [4.78, 5) is 37.8.